The lowest BCUT2D eigenvalue weighted by molar-refractivity contribution is 0.147. The smallest absolute Gasteiger partial charge is 0.0983 e. The van der Waals surface area contributed by atoms with E-state index in [2.05, 4.69) is 0 Å². The molecule has 2 unspecified atom stereocenters. The summed E-state index contributed by atoms with van der Waals surface area (Å²) in [5.74, 6) is 0. The highest BCUT2D eigenvalue weighted by atomic mass is 35.5. The van der Waals surface area contributed by atoms with Gasteiger partial charge in [-0.15, -0.1) is 0 Å². The molecule has 3 rings (SSSR count). The zero-order valence-corrected chi connectivity index (χ0v) is 14.4. The van der Waals surface area contributed by atoms with Crippen LogP contribution < -0.4 is 5.73 Å². The fraction of sp³-hybridized carbons (Fsp3) is 0.100. The first-order valence-electron chi connectivity index (χ1n) is 7.60. The minimum absolute atomic E-state index is 0.555. The van der Waals surface area contributed by atoms with Gasteiger partial charge in [0.1, 0.15) is 0 Å². The van der Waals surface area contributed by atoms with Crippen molar-refractivity contribution in [1.82, 2.24) is 0 Å². The fourth-order valence-electron chi connectivity index (χ4n) is 2.64. The molecule has 0 saturated heterocycles. The first-order valence-corrected chi connectivity index (χ1v) is 8.36. The fourth-order valence-corrected chi connectivity index (χ4v) is 3.07. The molecule has 0 fully saturated rings. The van der Waals surface area contributed by atoms with E-state index in [1.54, 1.807) is 18.2 Å². The number of benzene rings is 3. The van der Waals surface area contributed by atoms with Crippen LogP contribution in [0.1, 0.15) is 23.3 Å². The Kier molecular flexibility index (Phi) is 5.22. The van der Waals surface area contributed by atoms with E-state index in [0.29, 0.717) is 15.6 Å². The standard InChI is InChI=1S/C20H17Cl2NO/c21-16-9-6-14(7-10-16)19(23)20(24)15-8-11-17(18(22)12-15)13-4-2-1-3-5-13/h1-12,19-20,24H,23H2. The summed E-state index contributed by atoms with van der Waals surface area (Å²) in [4.78, 5) is 0. The lowest BCUT2D eigenvalue weighted by Crippen LogP contribution is -2.19. The molecule has 0 saturated carbocycles. The Balaban J connectivity index is 1.87. The Hall–Kier alpha value is -1.84. The van der Waals surface area contributed by atoms with Crippen molar-refractivity contribution in [3.63, 3.8) is 0 Å². The van der Waals surface area contributed by atoms with Gasteiger partial charge in [-0.2, -0.15) is 0 Å². The summed E-state index contributed by atoms with van der Waals surface area (Å²) < 4.78 is 0. The van der Waals surface area contributed by atoms with Gasteiger partial charge < -0.3 is 10.8 Å². The number of rotatable bonds is 4. The molecule has 3 aromatic carbocycles. The highest BCUT2D eigenvalue weighted by Crippen LogP contribution is 2.33. The monoisotopic (exact) mass is 357 g/mol. The molecule has 3 N–H and O–H groups in total. The Morgan fingerprint density at radius 1 is 0.792 bits per heavy atom. The number of nitrogens with two attached hydrogens (primary N) is 1. The van der Waals surface area contributed by atoms with Crippen molar-refractivity contribution < 1.29 is 5.11 Å². The summed E-state index contributed by atoms with van der Waals surface area (Å²) in [5.41, 5.74) is 9.64. The van der Waals surface area contributed by atoms with Crippen molar-refractivity contribution in [3.8, 4) is 11.1 Å². The van der Waals surface area contributed by atoms with Crippen molar-refractivity contribution >= 4 is 23.2 Å². The van der Waals surface area contributed by atoms with Crippen LogP contribution in [0.2, 0.25) is 10.0 Å². The second-order valence-corrected chi connectivity index (χ2v) is 6.47. The van der Waals surface area contributed by atoms with Crippen LogP contribution in [0, 0.1) is 0 Å². The van der Waals surface area contributed by atoms with Crippen LogP contribution in [0.4, 0.5) is 0 Å². The molecule has 2 nitrogen and oxygen atoms in total. The van der Waals surface area contributed by atoms with Crippen LogP contribution in [0.15, 0.2) is 72.8 Å². The van der Waals surface area contributed by atoms with Crippen molar-refractivity contribution in [2.75, 3.05) is 0 Å². The predicted octanol–water partition coefficient (Wildman–Crippen LogP) is 5.39. The third-order valence-electron chi connectivity index (χ3n) is 4.01. The normalized spacial score (nSPS) is 13.5. The van der Waals surface area contributed by atoms with Gasteiger partial charge in [-0.3, -0.25) is 0 Å². The van der Waals surface area contributed by atoms with Crippen LogP contribution >= 0.6 is 23.2 Å². The van der Waals surface area contributed by atoms with Gasteiger partial charge in [-0.05, 0) is 34.9 Å². The van der Waals surface area contributed by atoms with Crippen molar-refractivity contribution in [2.45, 2.75) is 12.1 Å². The molecule has 4 heteroatoms. The number of aliphatic hydroxyl groups excluding tert-OH is 1. The molecular weight excluding hydrogens is 341 g/mol. The van der Waals surface area contributed by atoms with E-state index in [1.165, 1.54) is 0 Å². The third kappa shape index (κ3) is 3.63. The summed E-state index contributed by atoms with van der Waals surface area (Å²) >= 11 is 12.3. The summed E-state index contributed by atoms with van der Waals surface area (Å²) in [6.45, 7) is 0. The molecule has 0 amide bonds. The minimum Gasteiger partial charge on any atom is -0.386 e. The molecule has 2 atom stereocenters. The molecule has 0 heterocycles. The maximum absolute atomic E-state index is 10.6. The van der Waals surface area contributed by atoms with Gasteiger partial charge in [0.05, 0.1) is 12.1 Å². The zero-order chi connectivity index (χ0) is 17.1. The summed E-state index contributed by atoms with van der Waals surface area (Å²) in [7, 11) is 0. The molecule has 0 radical (unpaired) electrons. The quantitative estimate of drug-likeness (QED) is 0.656. The van der Waals surface area contributed by atoms with E-state index in [9.17, 15) is 5.11 Å². The number of hydrogen-bond donors (Lipinski definition) is 2. The summed E-state index contributed by atoms with van der Waals surface area (Å²) in [6, 6.07) is 22.0. The van der Waals surface area contributed by atoms with Gasteiger partial charge in [-0.1, -0.05) is 77.8 Å². The van der Waals surface area contributed by atoms with E-state index in [4.69, 9.17) is 28.9 Å². The molecule has 0 aliphatic heterocycles. The van der Waals surface area contributed by atoms with Crippen LogP contribution in [-0.2, 0) is 0 Å². The Morgan fingerprint density at radius 3 is 2.04 bits per heavy atom. The van der Waals surface area contributed by atoms with Crippen LogP contribution in [-0.4, -0.2) is 5.11 Å². The lowest BCUT2D eigenvalue weighted by Gasteiger charge is -2.20. The van der Waals surface area contributed by atoms with Crippen molar-refractivity contribution in [2.24, 2.45) is 5.73 Å². The average Bonchev–Trinajstić information content (AvgIpc) is 2.62. The molecule has 3 aromatic rings. The number of hydrogen-bond acceptors (Lipinski definition) is 2. The van der Waals surface area contributed by atoms with Gasteiger partial charge in [-0.25, -0.2) is 0 Å². The molecule has 0 bridgehead atoms. The van der Waals surface area contributed by atoms with Gasteiger partial charge in [0.25, 0.3) is 0 Å². The molecule has 24 heavy (non-hydrogen) atoms. The first kappa shape index (κ1) is 17.0. The van der Waals surface area contributed by atoms with Crippen LogP contribution in [0.5, 0.6) is 0 Å². The van der Waals surface area contributed by atoms with E-state index in [0.717, 1.165) is 16.7 Å². The number of aliphatic hydroxyl groups is 1. The van der Waals surface area contributed by atoms with Gasteiger partial charge in [0.2, 0.25) is 0 Å². The van der Waals surface area contributed by atoms with E-state index < -0.39 is 12.1 Å². The average molecular weight is 358 g/mol. The molecule has 0 aliphatic carbocycles. The van der Waals surface area contributed by atoms with Gasteiger partial charge in [0.15, 0.2) is 0 Å². The lowest BCUT2D eigenvalue weighted by atomic mass is 9.95. The summed E-state index contributed by atoms with van der Waals surface area (Å²) in [6.07, 6.45) is -0.853. The molecular formula is C20H17Cl2NO. The predicted molar refractivity (Wildman–Crippen MR) is 100 cm³/mol. The Labute approximate surface area is 151 Å². The topological polar surface area (TPSA) is 46.2 Å². The molecule has 122 valence electrons. The number of halogens is 2. The summed E-state index contributed by atoms with van der Waals surface area (Å²) in [5, 5.41) is 11.8. The molecule has 0 spiro atoms. The van der Waals surface area contributed by atoms with E-state index in [-0.39, 0.29) is 0 Å². The SMILES string of the molecule is NC(c1ccc(Cl)cc1)C(O)c1ccc(-c2ccccc2)c(Cl)c1. The van der Waals surface area contributed by atoms with Gasteiger partial charge >= 0.3 is 0 Å². The van der Waals surface area contributed by atoms with Crippen molar-refractivity contribution in [3.05, 3.63) is 94.0 Å². The maximum atomic E-state index is 10.6. The second kappa shape index (κ2) is 7.37. The van der Waals surface area contributed by atoms with E-state index in [1.807, 2.05) is 54.6 Å². The third-order valence-corrected chi connectivity index (χ3v) is 4.58. The Bertz CT molecular complexity index is 819. The molecule has 0 aliphatic rings. The Morgan fingerprint density at radius 2 is 1.42 bits per heavy atom. The zero-order valence-electron chi connectivity index (χ0n) is 12.9. The maximum Gasteiger partial charge on any atom is 0.0983 e. The largest absolute Gasteiger partial charge is 0.386 e. The first-order chi connectivity index (χ1) is 11.6. The second-order valence-electron chi connectivity index (χ2n) is 5.63. The molecule has 0 aromatic heterocycles. The van der Waals surface area contributed by atoms with Crippen LogP contribution in [0.25, 0.3) is 11.1 Å². The highest BCUT2D eigenvalue weighted by Gasteiger charge is 2.20. The minimum atomic E-state index is -0.853. The highest BCUT2D eigenvalue weighted by molar-refractivity contribution is 6.33. The van der Waals surface area contributed by atoms with Crippen LogP contribution in [0.3, 0.4) is 0 Å². The van der Waals surface area contributed by atoms with E-state index >= 15 is 0 Å². The van der Waals surface area contributed by atoms with Gasteiger partial charge in [0, 0.05) is 15.6 Å². The van der Waals surface area contributed by atoms with Crippen molar-refractivity contribution in [1.29, 1.82) is 0 Å².